The van der Waals surface area contributed by atoms with Crippen molar-refractivity contribution in [2.24, 2.45) is 0 Å². The summed E-state index contributed by atoms with van der Waals surface area (Å²) in [6.07, 6.45) is 3.73. The molecule has 5 heteroatoms. The third-order valence-electron chi connectivity index (χ3n) is 3.97. The smallest absolute Gasteiger partial charge is 0.336 e. The van der Waals surface area contributed by atoms with Crippen LogP contribution in [-0.4, -0.2) is 32.6 Å². The van der Waals surface area contributed by atoms with Crippen LogP contribution in [0.25, 0.3) is 0 Å². The molecule has 0 radical (unpaired) electrons. The highest BCUT2D eigenvalue weighted by atomic mass is 28.3. The van der Waals surface area contributed by atoms with E-state index >= 15 is 0 Å². The summed E-state index contributed by atoms with van der Waals surface area (Å²) in [6.45, 7) is 10.3. The third kappa shape index (κ3) is 4.36. The summed E-state index contributed by atoms with van der Waals surface area (Å²) in [7, 11) is -0.299. The van der Waals surface area contributed by atoms with E-state index in [9.17, 15) is 9.59 Å². The average molecular weight is 356 g/mol. The van der Waals surface area contributed by atoms with Gasteiger partial charge in [0, 0.05) is 12.0 Å². The number of methoxy groups -OCH3 is 1. The molecule has 4 nitrogen and oxygen atoms in total. The van der Waals surface area contributed by atoms with Gasteiger partial charge in [-0.3, -0.25) is 4.79 Å². The molecule has 1 N–H and O–H groups in total. The topological polar surface area (TPSA) is 55.4 Å². The molecule has 0 saturated carbocycles. The summed E-state index contributed by atoms with van der Waals surface area (Å²) in [6, 6.07) is 9.56. The van der Waals surface area contributed by atoms with Crippen LogP contribution in [-0.2, 0) is 20.7 Å². The van der Waals surface area contributed by atoms with Gasteiger partial charge in [0.05, 0.1) is 15.2 Å². The maximum atomic E-state index is 12.8. The van der Waals surface area contributed by atoms with E-state index in [4.69, 9.17) is 4.74 Å². The number of carbonyl (C=O) groups is 2. The van der Waals surface area contributed by atoms with E-state index in [1.807, 2.05) is 36.0 Å². The van der Waals surface area contributed by atoms with Gasteiger partial charge in [0.25, 0.3) is 5.91 Å². The van der Waals surface area contributed by atoms with Crippen LogP contribution in [0.3, 0.4) is 0 Å². The lowest BCUT2D eigenvalue weighted by atomic mass is 9.83. The van der Waals surface area contributed by atoms with E-state index < -0.39 is 19.6 Å². The minimum atomic E-state index is -1.63. The lowest BCUT2D eigenvalue weighted by molar-refractivity contribution is -0.148. The molecule has 1 aliphatic heterocycles. The highest BCUT2D eigenvalue weighted by Gasteiger charge is 2.43. The maximum Gasteiger partial charge on any atom is 0.336 e. The van der Waals surface area contributed by atoms with Gasteiger partial charge in [0.15, 0.2) is 5.54 Å². The third-order valence-corrected chi connectivity index (χ3v) is 5.12. The lowest BCUT2D eigenvalue weighted by Crippen LogP contribution is -2.58. The second-order valence-corrected chi connectivity index (χ2v) is 12.3. The average Bonchev–Trinajstić information content (AvgIpc) is 2.56. The number of nitrogens with one attached hydrogen (secondary N) is 1. The molecule has 1 aromatic rings. The van der Waals surface area contributed by atoms with Gasteiger partial charge >= 0.3 is 5.97 Å². The fourth-order valence-corrected chi connectivity index (χ4v) is 4.07. The highest BCUT2D eigenvalue weighted by molar-refractivity contribution is 6.81. The zero-order valence-corrected chi connectivity index (χ0v) is 16.3. The normalized spacial score (nSPS) is 22.2. The Morgan fingerprint density at radius 3 is 2.44 bits per heavy atom. The Bertz CT molecular complexity index is 744. The zero-order valence-electron chi connectivity index (χ0n) is 15.3. The lowest BCUT2D eigenvalue weighted by Gasteiger charge is -2.34. The van der Waals surface area contributed by atoms with Gasteiger partial charge in [-0.05, 0) is 17.2 Å². The van der Waals surface area contributed by atoms with Crippen molar-refractivity contribution in [2.45, 2.75) is 31.6 Å². The summed E-state index contributed by atoms with van der Waals surface area (Å²) >= 11 is 0. The first kappa shape index (κ1) is 18.9. The monoisotopic (exact) mass is 355 g/mol. The fraction of sp³-hybridized carbons (Fsp3) is 0.300. The van der Waals surface area contributed by atoms with E-state index in [1.54, 1.807) is 12.2 Å². The number of ether oxygens (including phenoxy) is 1. The van der Waals surface area contributed by atoms with Crippen molar-refractivity contribution in [3.63, 3.8) is 0 Å². The SMILES string of the molecule is C=CC1=CC(Cc2ccccc2)(C(=O)OC)NC(=O)/C1=C\[Si](C)(C)C. The first-order valence-corrected chi connectivity index (χ1v) is 11.8. The number of allylic oxidation sites excluding steroid dienone is 1. The molecule has 1 unspecified atom stereocenters. The molecule has 0 aliphatic carbocycles. The Hall–Kier alpha value is -2.40. The summed E-state index contributed by atoms with van der Waals surface area (Å²) in [4.78, 5) is 25.4. The van der Waals surface area contributed by atoms with Crippen molar-refractivity contribution >= 4 is 20.0 Å². The second kappa shape index (κ2) is 7.23. The van der Waals surface area contributed by atoms with E-state index in [0.29, 0.717) is 17.6 Å². The van der Waals surface area contributed by atoms with Crippen LogP contribution >= 0.6 is 0 Å². The Kier molecular flexibility index (Phi) is 5.47. The van der Waals surface area contributed by atoms with Crippen LogP contribution in [0.2, 0.25) is 19.6 Å². The Morgan fingerprint density at radius 2 is 1.92 bits per heavy atom. The Labute approximate surface area is 150 Å². The van der Waals surface area contributed by atoms with E-state index in [1.165, 1.54) is 7.11 Å². The number of hydrogen-bond donors (Lipinski definition) is 1. The van der Waals surface area contributed by atoms with Gasteiger partial charge in [-0.15, -0.1) is 0 Å². The highest BCUT2D eigenvalue weighted by Crippen LogP contribution is 2.29. The number of carbonyl (C=O) groups excluding carboxylic acids is 2. The van der Waals surface area contributed by atoms with E-state index in [2.05, 4.69) is 31.5 Å². The van der Waals surface area contributed by atoms with Crippen LogP contribution in [0.1, 0.15) is 5.56 Å². The first-order valence-electron chi connectivity index (χ1n) is 8.24. The molecular weight excluding hydrogens is 330 g/mol. The van der Waals surface area contributed by atoms with Crippen molar-refractivity contribution < 1.29 is 14.3 Å². The van der Waals surface area contributed by atoms with Gasteiger partial charge in [0.1, 0.15) is 0 Å². The quantitative estimate of drug-likeness (QED) is 0.501. The van der Waals surface area contributed by atoms with Crippen LogP contribution in [0.5, 0.6) is 0 Å². The molecule has 0 bridgehead atoms. The molecular formula is C20H25NO3Si. The summed E-state index contributed by atoms with van der Waals surface area (Å²) in [5.41, 5.74) is 2.99. The van der Waals surface area contributed by atoms with E-state index in [0.717, 1.165) is 5.56 Å². The number of benzene rings is 1. The van der Waals surface area contributed by atoms with Gasteiger partial charge in [-0.25, -0.2) is 4.79 Å². The molecule has 132 valence electrons. The summed E-state index contributed by atoms with van der Waals surface area (Å²) < 4.78 is 5.00. The summed E-state index contributed by atoms with van der Waals surface area (Å²) in [5.74, 6) is -0.753. The van der Waals surface area contributed by atoms with Crippen molar-refractivity contribution in [1.29, 1.82) is 0 Å². The Balaban J connectivity index is 2.56. The standard InChI is InChI=1S/C20H25NO3Si/c1-6-16-13-20(19(23)24-2,12-15-10-8-7-9-11-15)21-18(22)17(16)14-25(3,4)5/h6-11,13-14H,1,12H2,2-5H3,(H,21,22)/b17-14-. The van der Waals surface area contributed by atoms with Crippen molar-refractivity contribution in [3.8, 4) is 0 Å². The predicted octanol–water partition coefficient (Wildman–Crippen LogP) is 3.19. The minimum absolute atomic E-state index is 0.263. The number of hydrogen-bond acceptors (Lipinski definition) is 3. The molecule has 1 amide bonds. The predicted molar refractivity (Wildman–Crippen MR) is 103 cm³/mol. The molecule has 0 spiro atoms. The molecule has 2 rings (SSSR count). The number of amides is 1. The molecule has 25 heavy (non-hydrogen) atoms. The first-order chi connectivity index (χ1) is 11.7. The maximum absolute atomic E-state index is 12.8. The van der Waals surface area contributed by atoms with Gasteiger partial charge < -0.3 is 10.1 Å². The van der Waals surface area contributed by atoms with E-state index in [-0.39, 0.29) is 5.91 Å². The van der Waals surface area contributed by atoms with Crippen molar-refractivity contribution in [3.05, 3.63) is 71.5 Å². The molecule has 0 saturated heterocycles. The minimum Gasteiger partial charge on any atom is -0.467 e. The molecule has 1 atom stereocenters. The van der Waals surface area contributed by atoms with Crippen LogP contribution in [0.15, 0.2) is 65.9 Å². The number of esters is 1. The van der Waals surface area contributed by atoms with Crippen LogP contribution in [0.4, 0.5) is 0 Å². The number of rotatable bonds is 5. The van der Waals surface area contributed by atoms with Gasteiger partial charge in [0.2, 0.25) is 0 Å². The van der Waals surface area contributed by atoms with Gasteiger partial charge in [-0.1, -0.05) is 68.3 Å². The van der Waals surface area contributed by atoms with Crippen LogP contribution < -0.4 is 5.32 Å². The second-order valence-electron chi connectivity index (χ2n) is 7.31. The van der Waals surface area contributed by atoms with Crippen LogP contribution in [0, 0.1) is 0 Å². The fourth-order valence-electron chi connectivity index (χ4n) is 2.91. The molecule has 0 fully saturated rings. The zero-order chi connectivity index (χ0) is 18.7. The molecule has 1 aliphatic rings. The van der Waals surface area contributed by atoms with Crippen molar-refractivity contribution in [2.75, 3.05) is 7.11 Å². The van der Waals surface area contributed by atoms with Crippen molar-refractivity contribution in [1.82, 2.24) is 5.32 Å². The molecule has 1 aromatic carbocycles. The van der Waals surface area contributed by atoms with Gasteiger partial charge in [-0.2, -0.15) is 0 Å². The summed E-state index contributed by atoms with van der Waals surface area (Å²) in [5, 5.41) is 2.88. The molecule has 1 heterocycles. The largest absolute Gasteiger partial charge is 0.467 e. The molecule has 0 aromatic heterocycles. The Morgan fingerprint density at radius 1 is 1.28 bits per heavy atom.